The maximum atomic E-state index is 16.2. The van der Waals surface area contributed by atoms with E-state index in [0.717, 1.165) is 18.2 Å². The lowest BCUT2D eigenvalue weighted by atomic mass is 9.97. The van der Waals surface area contributed by atoms with Crippen LogP contribution in [0.25, 0.3) is 12.2 Å². The number of hydrogen-bond acceptors (Lipinski definition) is 21. The zero-order chi connectivity index (χ0) is 71.5. The highest BCUT2D eigenvalue weighted by Gasteiger charge is 2.51. The number of hydrogen-bond donors (Lipinski definition) is 0. The number of fused-ring (bicyclic) bond motifs is 4. The standard InChI is InChI=1S/C37H46FNO10.C32H34F4O11S/c1-22-18-27(38)31(46-33(40)24-14-11-10-12-15-24)32-28(47-37(6,7)48-32)17-13-16-25-19-26(39(8)35(42)49-36(3,4)5)20-29(44-21-43-9)30(25)34(41)45-23(22)2;1-18-14-23(33)27(44-29(37)20-10-7-6-8-11-20)28-24(45-31(3,4)46-28)13-9-12-21-15-22(47-48(39,40)32(34,35)36)16-25(42-17-41-5)26(21)30(38)43-19(18)2/h10-16,18-20,22-23,28,31-32H,17,21H2,1-9H3;6-12,14-16,18-19,24,27-28H,13,17H2,1-5H3/b16-13?,27-18+;12-9?,23-14+/t22-,23+,28?,31?,32?;18-,19+,24?,27?,28?/m11/s1. The highest BCUT2D eigenvalue weighted by molar-refractivity contribution is 7.88. The summed E-state index contributed by atoms with van der Waals surface area (Å²) in [5.74, 6) is -10.0. The average molecular weight is 1390 g/mol. The van der Waals surface area contributed by atoms with Gasteiger partial charge in [0.15, 0.2) is 37.4 Å². The van der Waals surface area contributed by atoms with Crippen molar-refractivity contribution in [2.45, 2.75) is 161 Å². The minimum atomic E-state index is -6.11. The van der Waals surface area contributed by atoms with Crippen LogP contribution in [0, 0.1) is 11.8 Å². The third kappa shape index (κ3) is 20.2. The van der Waals surface area contributed by atoms with Crippen LogP contribution in [-0.4, -0.2) is 145 Å². The van der Waals surface area contributed by atoms with Crippen molar-refractivity contribution in [2.24, 2.45) is 11.8 Å². The van der Waals surface area contributed by atoms with Gasteiger partial charge in [0.2, 0.25) is 0 Å². The summed E-state index contributed by atoms with van der Waals surface area (Å²) >= 11 is 0. The summed E-state index contributed by atoms with van der Waals surface area (Å²) < 4.78 is 174. The summed E-state index contributed by atoms with van der Waals surface area (Å²) in [7, 11) is -1.89. The number of nitrogens with zero attached hydrogens (tertiary/aromatic N) is 1. The monoisotopic (exact) mass is 1390 g/mol. The van der Waals surface area contributed by atoms with Gasteiger partial charge in [-0.25, -0.2) is 32.8 Å². The van der Waals surface area contributed by atoms with Gasteiger partial charge < -0.3 is 65.8 Å². The summed E-state index contributed by atoms with van der Waals surface area (Å²) in [6, 6.07) is 21.0. The molecule has 0 saturated carbocycles. The Morgan fingerprint density at radius 1 is 0.619 bits per heavy atom. The molecular weight excluding hydrogens is 1310 g/mol. The molecule has 0 aromatic heterocycles. The molecule has 4 aromatic rings. The van der Waals surface area contributed by atoms with Crippen LogP contribution in [0.3, 0.4) is 0 Å². The van der Waals surface area contributed by atoms with Crippen LogP contribution >= 0.6 is 0 Å². The number of cyclic esters (lactones) is 2. The van der Waals surface area contributed by atoms with Gasteiger partial charge in [0, 0.05) is 45.2 Å². The third-order valence-corrected chi connectivity index (χ3v) is 16.1. The number of rotatable bonds is 13. The lowest BCUT2D eigenvalue weighted by Gasteiger charge is -2.27. The fraction of sp³-hybridized carbons (Fsp3) is 0.464. The lowest BCUT2D eigenvalue weighted by molar-refractivity contribution is -0.154. The highest BCUT2D eigenvalue weighted by Crippen LogP contribution is 2.41. The average Bonchev–Trinajstić information content (AvgIpc) is 1.28. The summed E-state index contributed by atoms with van der Waals surface area (Å²) in [5, 5.41) is 0. The molecule has 2 fully saturated rings. The fourth-order valence-corrected chi connectivity index (χ4v) is 10.7. The Bertz CT molecular complexity index is 3700. The second-order valence-electron chi connectivity index (χ2n) is 24.9. The van der Waals surface area contributed by atoms with Crippen LogP contribution in [0.5, 0.6) is 17.2 Å². The predicted molar refractivity (Wildman–Crippen MR) is 341 cm³/mol. The van der Waals surface area contributed by atoms with E-state index in [0.29, 0.717) is 11.3 Å². The summed E-state index contributed by atoms with van der Waals surface area (Å²) in [6.45, 7) is 17.4. The molecular formula is C69H80F5NO21S. The van der Waals surface area contributed by atoms with Gasteiger partial charge in [-0.05, 0) is 135 Å². The SMILES string of the molecule is COCOc1cc(N(C)C(=O)OC(C)(C)C)cc2c1C(=O)O[C@@H](C)[C@H](C)/C=C(/F)C(OC(=O)c1ccccc1)C1OC(C)(C)OC1CC=C2.COCOc1cc(OS(=O)(=O)C(F)(F)F)cc2c1C(=O)O[C@@H](C)[C@H](C)/C=C(/F)C(OC(=O)c1ccccc1)C1OC(C)(C)OC1CC=C2. The number of esters is 4. The van der Waals surface area contributed by atoms with E-state index < -0.39 is 153 Å². The first-order valence-corrected chi connectivity index (χ1v) is 32.1. The molecule has 0 spiro atoms. The molecule has 4 aliphatic rings. The van der Waals surface area contributed by atoms with Crippen molar-refractivity contribution in [3.8, 4) is 17.2 Å². The Kier molecular flexibility index (Phi) is 25.1. The van der Waals surface area contributed by atoms with E-state index >= 15 is 8.78 Å². The van der Waals surface area contributed by atoms with Crippen LogP contribution in [0.15, 0.2) is 121 Å². The fourth-order valence-electron chi connectivity index (χ4n) is 10.2. The van der Waals surface area contributed by atoms with Crippen molar-refractivity contribution in [2.75, 3.05) is 39.8 Å². The van der Waals surface area contributed by atoms with Crippen molar-refractivity contribution in [3.05, 3.63) is 154 Å². The van der Waals surface area contributed by atoms with Gasteiger partial charge in [-0.2, -0.15) is 21.6 Å². The van der Waals surface area contributed by atoms with E-state index in [4.69, 9.17) is 61.6 Å². The van der Waals surface area contributed by atoms with Gasteiger partial charge in [-0.3, -0.25) is 4.90 Å². The van der Waals surface area contributed by atoms with E-state index in [1.165, 1.54) is 69.4 Å². The van der Waals surface area contributed by atoms with Gasteiger partial charge >= 0.3 is 45.6 Å². The second kappa shape index (κ2) is 32.0. The topological polar surface area (TPSA) is 252 Å². The van der Waals surface area contributed by atoms with Gasteiger partial charge in [-0.1, -0.05) is 74.5 Å². The first-order valence-electron chi connectivity index (χ1n) is 30.7. The Balaban J connectivity index is 0.000000273. The van der Waals surface area contributed by atoms with Gasteiger partial charge in [0.1, 0.15) is 70.0 Å². The molecule has 2 saturated heterocycles. The van der Waals surface area contributed by atoms with Crippen molar-refractivity contribution < 1.29 is 120 Å². The second-order valence-corrected chi connectivity index (χ2v) is 26.4. The molecule has 8 rings (SSSR count). The van der Waals surface area contributed by atoms with E-state index in [1.807, 2.05) is 0 Å². The molecule has 0 radical (unpaired) electrons. The van der Waals surface area contributed by atoms with E-state index in [2.05, 4.69) is 4.18 Å². The number of alkyl halides is 3. The molecule has 10 atom stereocenters. The number of ether oxygens (including phenoxy) is 13. The van der Waals surface area contributed by atoms with Crippen LogP contribution < -0.4 is 18.6 Å². The molecule has 4 heterocycles. The molecule has 0 aliphatic carbocycles. The number of amides is 1. The summed E-state index contributed by atoms with van der Waals surface area (Å²) in [4.78, 5) is 67.9. The first kappa shape index (κ1) is 76.1. The van der Waals surface area contributed by atoms with Crippen LogP contribution in [-0.2, 0) is 62.2 Å². The third-order valence-electron chi connectivity index (χ3n) is 15.2. The van der Waals surface area contributed by atoms with Gasteiger partial charge in [-0.15, -0.1) is 0 Å². The quantitative estimate of drug-likeness (QED) is 0.0301. The molecule has 6 unspecified atom stereocenters. The molecule has 4 aliphatic heterocycles. The molecule has 0 N–H and O–H groups in total. The number of anilines is 1. The van der Waals surface area contributed by atoms with Crippen molar-refractivity contribution >= 4 is 57.9 Å². The normalized spacial score (nSPS) is 25.4. The Morgan fingerprint density at radius 2 is 1.03 bits per heavy atom. The van der Waals surface area contributed by atoms with Crippen molar-refractivity contribution in [3.63, 3.8) is 0 Å². The van der Waals surface area contributed by atoms with Gasteiger partial charge in [0.25, 0.3) is 0 Å². The zero-order valence-corrected chi connectivity index (χ0v) is 56.8. The largest absolute Gasteiger partial charge is 0.534 e. The molecule has 528 valence electrons. The molecule has 0 bridgehead atoms. The van der Waals surface area contributed by atoms with E-state index in [1.54, 1.807) is 136 Å². The van der Waals surface area contributed by atoms with Crippen LogP contribution in [0.2, 0.25) is 0 Å². The summed E-state index contributed by atoms with van der Waals surface area (Å²) in [6.07, 6.45) is -0.918. The number of carbonyl (C=O) groups is 5. The minimum absolute atomic E-state index is 0.0681. The maximum absolute atomic E-state index is 16.2. The highest BCUT2D eigenvalue weighted by atomic mass is 32.2. The number of halogens is 5. The van der Waals surface area contributed by atoms with Crippen LogP contribution in [0.1, 0.15) is 142 Å². The number of benzene rings is 4. The Hall–Kier alpha value is -8.25. The van der Waals surface area contributed by atoms with E-state index in [-0.39, 0.29) is 53.2 Å². The van der Waals surface area contributed by atoms with Gasteiger partial charge in [0.05, 0.1) is 29.0 Å². The summed E-state index contributed by atoms with van der Waals surface area (Å²) in [5.41, 5.74) is -5.75. The number of carbonyl (C=O) groups excluding carboxylic acids is 5. The Labute approximate surface area is 559 Å². The van der Waals surface area contributed by atoms with E-state index in [9.17, 15) is 45.6 Å². The molecule has 28 heteroatoms. The maximum Gasteiger partial charge on any atom is 0.534 e. The smallest absolute Gasteiger partial charge is 0.467 e. The zero-order valence-electron chi connectivity index (χ0n) is 56.0. The van der Waals surface area contributed by atoms with Crippen molar-refractivity contribution in [1.82, 2.24) is 0 Å². The molecule has 4 aromatic carbocycles. The lowest BCUT2D eigenvalue weighted by Crippen LogP contribution is -2.39. The molecule has 97 heavy (non-hydrogen) atoms. The van der Waals surface area contributed by atoms with Crippen LogP contribution in [0.4, 0.5) is 32.4 Å². The predicted octanol–water partition coefficient (Wildman–Crippen LogP) is 13.3. The minimum Gasteiger partial charge on any atom is -0.467 e. The Morgan fingerprint density at radius 3 is 1.43 bits per heavy atom. The molecule has 1 amide bonds. The van der Waals surface area contributed by atoms with Crippen molar-refractivity contribution in [1.29, 1.82) is 0 Å². The number of methoxy groups -OCH3 is 2. The molecule has 22 nitrogen and oxygen atoms in total. The first-order chi connectivity index (χ1) is 45.4.